The Morgan fingerprint density at radius 2 is 1.82 bits per heavy atom. The molecule has 1 aliphatic carbocycles. The molecule has 102 valence electrons. The molecule has 0 amide bonds. The molecule has 0 heterocycles. The van der Waals surface area contributed by atoms with Crippen molar-refractivity contribution in [2.24, 2.45) is 11.8 Å². The Bertz CT molecular complexity index is 235. The summed E-state index contributed by atoms with van der Waals surface area (Å²) in [5.74, 6) is 0.752. The third-order valence-electron chi connectivity index (χ3n) is 3.96. The zero-order valence-corrected chi connectivity index (χ0v) is 10.7. The first-order valence-electron chi connectivity index (χ1n) is 6.50. The van der Waals surface area contributed by atoms with Crippen LogP contribution in [0.4, 0.5) is 13.2 Å². The fraction of sp³-hybridized carbons (Fsp3) is 1.00. The minimum Gasteiger partial charge on any atom is -0.390 e. The Morgan fingerprint density at radius 1 is 1.18 bits per heavy atom. The van der Waals surface area contributed by atoms with Gasteiger partial charge in [0.2, 0.25) is 0 Å². The van der Waals surface area contributed by atoms with E-state index in [1.54, 1.807) is 6.92 Å². The Balaban J connectivity index is 2.39. The zero-order chi connectivity index (χ0) is 13.1. The van der Waals surface area contributed by atoms with E-state index in [0.717, 1.165) is 19.3 Å². The monoisotopic (exact) mass is 252 g/mol. The van der Waals surface area contributed by atoms with Crippen molar-refractivity contribution in [1.82, 2.24) is 0 Å². The van der Waals surface area contributed by atoms with Gasteiger partial charge in [-0.3, -0.25) is 0 Å². The normalized spacial score (nSPS) is 30.0. The van der Waals surface area contributed by atoms with Crippen molar-refractivity contribution in [1.29, 1.82) is 0 Å². The molecule has 1 rings (SSSR count). The van der Waals surface area contributed by atoms with Gasteiger partial charge in [-0.25, -0.2) is 0 Å². The maximum absolute atomic E-state index is 12.1. The Hall–Kier alpha value is -0.250. The predicted molar refractivity (Wildman–Crippen MR) is 61.7 cm³/mol. The first kappa shape index (κ1) is 14.8. The molecule has 0 saturated heterocycles. The van der Waals surface area contributed by atoms with Crippen molar-refractivity contribution in [2.45, 2.75) is 70.6 Å². The van der Waals surface area contributed by atoms with Gasteiger partial charge in [-0.2, -0.15) is 13.2 Å². The number of alkyl halides is 3. The third kappa shape index (κ3) is 5.28. The van der Waals surface area contributed by atoms with Crippen molar-refractivity contribution in [3.8, 4) is 0 Å². The van der Waals surface area contributed by atoms with Gasteiger partial charge in [-0.1, -0.05) is 19.8 Å². The lowest BCUT2D eigenvalue weighted by Crippen LogP contribution is -2.37. The highest BCUT2D eigenvalue weighted by molar-refractivity contribution is 4.86. The molecule has 4 heteroatoms. The molecule has 1 nitrogen and oxygen atoms in total. The molecule has 1 N–H and O–H groups in total. The number of rotatable bonds is 4. The van der Waals surface area contributed by atoms with E-state index >= 15 is 0 Å². The predicted octanol–water partition coefficient (Wildman–Crippen LogP) is 4.30. The largest absolute Gasteiger partial charge is 0.390 e. The van der Waals surface area contributed by atoms with Crippen LogP contribution in [0.5, 0.6) is 0 Å². The van der Waals surface area contributed by atoms with Crippen LogP contribution in [0, 0.1) is 11.8 Å². The van der Waals surface area contributed by atoms with Gasteiger partial charge in [-0.05, 0) is 44.4 Å². The molecule has 0 aliphatic heterocycles. The molecular weight excluding hydrogens is 229 g/mol. The number of aliphatic hydroxyl groups is 1. The molecule has 1 fully saturated rings. The van der Waals surface area contributed by atoms with Crippen molar-refractivity contribution in [3.63, 3.8) is 0 Å². The molecule has 1 saturated carbocycles. The van der Waals surface area contributed by atoms with Crippen LogP contribution < -0.4 is 0 Å². The lowest BCUT2D eigenvalue weighted by Gasteiger charge is -2.38. The van der Waals surface area contributed by atoms with Crippen molar-refractivity contribution >= 4 is 0 Å². The SMILES string of the molecule is CC1CCCC(C(C)(O)CCCC(F)(F)F)C1. The van der Waals surface area contributed by atoms with Gasteiger partial charge in [0.1, 0.15) is 0 Å². The maximum Gasteiger partial charge on any atom is 0.389 e. The smallest absolute Gasteiger partial charge is 0.389 e. The molecule has 0 aromatic carbocycles. The third-order valence-corrected chi connectivity index (χ3v) is 3.96. The van der Waals surface area contributed by atoms with Gasteiger partial charge in [0.15, 0.2) is 0 Å². The van der Waals surface area contributed by atoms with Gasteiger partial charge >= 0.3 is 6.18 Å². The van der Waals surface area contributed by atoms with Crippen LogP contribution in [0.25, 0.3) is 0 Å². The summed E-state index contributed by atoms with van der Waals surface area (Å²) in [7, 11) is 0. The zero-order valence-electron chi connectivity index (χ0n) is 10.7. The summed E-state index contributed by atoms with van der Waals surface area (Å²) < 4.78 is 36.2. The topological polar surface area (TPSA) is 20.2 Å². The lowest BCUT2D eigenvalue weighted by atomic mass is 9.72. The highest BCUT2D eigenvalue weighted by Gasteiger charge is 2.35. The van der Waals surface area contributed by atoms with Crippen molar-refractivity contribution in [2.75, 3.05) is 0 Å². The molecular formula is C13H23F3O. The Morgan fingerprint density at radius 3 is 2.35 bits per heavy atom. The first-order valence-corrected chi connectivity index (χ1v) is 6.50. The van der Waals surface area contributed by atoms with Crippen LogP contribution in [0.1, 0.15) is 58.8 Å². The molecule has 0 bridgehead atoms. The maximum atomic E-state index is 12.1. The van der Waals surface area contributed by atoms with E-state index in [4.69, 9.17) is 0 Å². The second-order valence-electron chi connectivity index (χ2n) is 5.79. The van der Waals surface area contributed by atoms with Crippen molar-refractivity contribution in [3.05, 3.63) is 0 Å². The van der Waals surface area contributed by atoms with E-state index in [2.05, 4.69) is 6.92 Å². The fourth-order valence-electron chi connectivity index (χ4n) is 2.85. The summed E-state index contributed by atoms with van der Waals surface area (Å²) in [5, 5.41) is 10.3. The second kappa shape index (κ2) is 5.59. The average Bonchev–Trinajstić information content (AvgIpc) is 2.15. The van der Waals surface area contributed by atoms with Crippen LogP contribution >= 0.6 is 0 Å². The summed E-state index contributed by atoms with van der Waals surface area (Å²) in [4.78, 5) is 0. The molecule has 3 unspecified atom stereocenters. The highest BCUT2D eigenvalue weighted by Crippen LogP contribution is 2.38. The summed E-state index contributed by atoms with van der Waals surface area (Å²) in [6, 6.07) is 0. The fourth-order valence-corrected chi connectivity index (χ4v) is 2.85. The highest BCUT2D eigenvalue weighted by atomic mass is 19.4. The van der Waals surface area contributed by atoms with Gasteiger partial charge in [0.05, 0.1) is 5.60 Å². The molecule has 3 atom stereocenters. The van der Waals surface area contributed by atoms with Crippen LogP contribution in [0.2, 0.25) is 0 Å². The quantitative estimate of drug-likeness (QED) is 0.791. The van der Waals surface area contributed by atoms with Crippen LogP contribution in [-0.4, -0.2) is 16.9 Å². The van der Waals surface area contributed by atoms with Gasteiger partial charge in [-0.15, -0.1) is 0 Å². The molecule has 0 radical (unpaired) electrons. The van der Waals surface area contributed by atoms with E-state index < -0.39 is 18.2 Å². The summed E-state index contributed by atoms with van der Waals surface area (Å²) in [6.07, 6.45) is -0.453. The van der Waals surface area contributed by atoms with Crippen molar-refractivity contribution < 1.29 is 18.3 Å². The van der Waals surface area contributed by atoms with Crippen LogP contribution in [0.3, 0.4) is 0 Å². The Kier molecular flexibility index (Phi) is 4.87. The Labute approximate surface area is 101 Å². The lowest BCUT2D eigenvalue weighted by molar-refractivity contribution is -0.139. The summed E-state index contributed by atoms with van der Waals surface area (Å²) >= 11 is 0. The standard InChI is InChI=1S/C13H23F3O/c1-10-5-3-6-11(9-10)12(2,17)7-4-8-13(14,15)16/h10-11,17H,3-9H2,1-2H3. The van der Waals surface area contributed by atoms with E-state index in [-0.39, 0.29) is 18.8 Å². The van der Waals surface area contributed by atoms with E-state index in [1.165, 1.54) is 6.42 Å². The number of halogens is 3. The van der Waals surface area contributed by atoms with Gasteiger partial charge in [0, 0.05) is 6.42 Å². The van der Waals surface area contributed by atoms with E-state index in [1.807, 2.05) is 0 Å². The average molecular weight is 252 g/mol. The van der Waals surface area contributed by atoms with Gasteiger partial charge in [0.25, 0.3) is 0 Å². The van der Waals surface area contributed by atoms with Crippen LogP contribution in [-0.2, 0) is 0 Å². The minimum atomic E-state index is -4.10. The summed E-state index contributed by atoms with van der Waals surface area (Å²) in [5.41, 5.74) is -0.931. The van der Waals surface area contributed by atoms with Crippen LogP contribution in [0.15, 0.2) is 0 Å². The first-order chi connectivity index (χ1) is 7.71. The number of hydrogen-bond donors (Lipinski definition) is 1. The minimum absolute atomic E-state index is 0.0291. The molecule has 1 aliphatic rings. The second-order valence-corrected chi connectivity index (χ2v) is 5.79. The van der Waals surface area contributed by atoms with E-state index in [9.17, 15) is 18.3 Å². The number of hydrogen-bond acceptors (Lipinski definition) is 1. The summed E-state index contributed by atoms with van der Waals surface area (Å²) in [6.45, 7) is 3.85. The molecule has 0 spiro atoms. The van der Waals surface area contributed by atoms with Gasteiger partial charge < -0.3 is 5.11 Å². The van der Waals surface area contributed by atoms with E-state index in [0.29, 0.717) is 5.92 Å². The molecule has 0 aromatic rings. The molecule has 17 heavy (non-hydrogen) atoms. The molecule has 0 aromatic heterocycles.